The van der Waals surface area contributed by atoms with Crippen molar-refractivity contribution >= 4 is 21.6 Å². The topological polar surface area (TPSA) is 79.4 Å². The standard InChI is InChI=1S/C25H33N3O5S/c1-19-17-23(10-11-24(19)33-3)34(30,31)28-12-4-5-20(18-28)25(29)27-15-13-26(14-16-27)21-6-8-22(32-2)9-7-21/h6-11,17,20H,4-5,12-16,18H2,1-3H3/t20-/m1/s1. The monoisotopic (exact) mass is 487 g/mol. The second kappa shape index (κ2) is 10.2. The van der Waals surface area contributed by atoms with Gasteiger partial charge in [0.1, 0.15) is 11.5 Å². The summed E-state index contributed by atoms with van der Waals surface area (Å²) in [6.45, 7) is 5.24. The Hall–Kier alpha value is -2.78. The van der Waals surface area contributed by atoms with Crippen LogP contribution in [0.5, 0.6) is 11.5 Å². The molecule has 2 heterocycles. The molecule has 2 aromatic rings. The summed E-state index contributed by atoms with van der Waals surface area (Å²) in [7, 11) is -0.457. The molecule has 0 bridgehead atoms. The molecule has 0 unspecified atom stereocenters. The zero-order valence-electron chi connectivity index (χ0n) is 20.1. The van der Waals surface area contributed by atoms with E-state index in [2.05, 4.69) is 4.90 Å². The Balaban J connectivity index is 1.38. The summed E-state index contributed by atoms with van der Waals surface area (Å²) >= 11 is 0. The maximum atomic E-state index is 13.3. The van der Waals surface area contributed by atoms with Gasteiger partial charge >= 0.3 is 0 Å². The second-order valence-electron chi connectivity index (χ2n) is 8.84. The van der Waals surface area contributed by atoms with Gasteiger partial charge in [0.15, 0.2) is 0 Å². The van der Waals surface area contributed by atoms with Crippen LogP contribution in [0.25, 0.3) is 0 Å². The third-order valence-electron chi connectivity index (χ3n) is 6.77. The van der Waals surface area contributed by atoms with Gasteiger partial charge in [-0.25, -0.2) is 8.42 Å². The van der Waals surface area contributed by atoms with Gasteiger partial charge in [0.05, 0.1) is 25.0 Å². The van der Waals surface area contributed by atoms with Gasteiger partial charge in [-0.2, -0.15) is 4.31 Å². The van der Waals surface area contributed by atoms with E-state index >= 15 is 0 Å². The smallest absolute Gasteiger partial charge is 0.243 e. The van der Waals surface area contributed by atoms with Gasteiger partial charge in [0, 0.05) is 45.0 Å². The summed E-state index contributed by atoms with van der Waals surface area (Å²) < 4.78 is 38.5. The molecule has 34 heavy (non-hydrogen) atoms. The molecule has 2 aliphatic rings. The first-order valence-corrected chi connectivity index (χ1v) is 13.1. The number of hydrogen-bond acceptors (Lipinski definition) is 6. The predicted octanol–water partition coefficient (Wildman–Crippen LogP) is 2.76. The Bertz CT molecular complexity index is 1110. The number of sulfonamides is 1. The van der Waals surface area contributed by atoms with Crippen LogP contribution >= 0.6 is 0 Å². The number of amides is 1. The van der Waals surface area contributed by atoms with Crippen LogP contribution in [0.3, 0.4) is 0 Å². The van der Waals surface area contributed by atoms with E-state index in [9.17, 15) is 13.2 Å². The number of benzene rings is 2. The fraction of sp³-hybridized carbons (Fsp3) is 0.480. The lowest BCUT2D eigenvalue weighted by atomic mass is 9.97. The lowest BCUT2D eigenvalue weighted by Gasteiger charge is -2.39. The highest BCUT2D eigenvalue weighted by atomic mass is 32.2. The van der Waals surface area contributed by atoms with Gasteiger partial charge in [-0.1, -0.05) is 0 Å². The summed E-state index contributed by atoms with van der Waals surface area (Å²) in [5, 5.41) is 0. The van der Waals surface area contributed by atoms with Gasteiger partial charge in [0.2, 0.25) is 15.9 Å². The summed E-state index contributed by atoms with van der Waals surface area (Å²) in [5.41, 5.74) is 1.88. The minimum Gasteiger partial charge on any atom is -0.497 e. The Morgan fingerprint density at radius 2 is 1.65 bits per heavy atom. The Morgan fingerprint density at radius 3 is 2.26 bits per heavy atom. The first-order valence-electron chi connectivity index (χ1n) is 11.7. The van der Waals surface area contributed by atoms with Gasteiger partial charge in [-0.3, -0.25) is 4.79 Å². The third kappa shape index (κ3) is 5.00. The zero-order valence-corrected chi connectivity index (χ0v) is 20.9. The number of piperazine rings is 1. The van der Waals surface area contributed by atoms with E-state index in [1.165, 1.54) is 4.31 Å². The summed E-state index contributed by atoms with van der Waals surface area (Å²) in [5.74, 6) is 1.22. The van der Waals surface area contributed by atoms with E-state index in [0.717, 1.165) is 30.1 Å². The molecule has 2 fully saturated rings. The molecule has 2 saturated heterocycles. The molecule has 4 rings (SSSR count). The number of carbonyl (C=O) groups excluding carboxylic acids is 1. The van der Waals surface area contributed by atoms with Crippen molar-refractivity contribution in [3.05, 3.63) is 48.0 Å². The highest BCUT2D eigenvalue weighted by Crippen LogP contribution is 2.28. The van der Waals surface area contributed by atoms with Crippen molar-refractivity contribution in [2.45, 2.75) is 24.7 Å². The normalized spacial score (nSPS) is 19.7. The largest absolute Gasteiger partial charge is 0.497 e. The molecule has 0 N–H and O–H groups in total. The van der Waals surface area contributed by atoms with Crippen molar-refractivity contribution in [1.29, 1.82) is 0 Å². The van der Waals surface area contributed by atoms with E-state index in [4.69, 9.17) is 9.47 Å². The minimum atomic E-state index is -3.67. The fourth-order valence-corrected chi connectivity index (χ4v) is 6.37. The van der Waals surface area contributed by atoms with Crippen molar-refractivity contribution in [2.24, 2.45) is 5.92 Å². The van der Waals surface area contributed by atoms with Crippen molar-refractivity contribution in [2.75, 3.05) is 58.4 Å². The third-order valence-corrected chi connectivity index (χ3v) is 8.63. The molecule has 0 aromatic heterocycles. The molecule has 184 valence electrons. The van der Waals surface area contributed by atoms with Crippen LogP contribution in [0.4, 0.5) is 5.69 Å². The first-order chi connectivity index (χ1) is 16.3. The molecular weight excluding hydrogens is 454 g/mol. The maximum absolute atomic E-state index is 13.3. The number of aryl methyl sites for hydroxylation is 1. The van der Waals surface area contributed by atoms with Crippen LogP contribution in [0.1, 0.15) is 18.4 Å². The van der Waals surface area contributed by atoms with Gasteiger partial charge < -0.3 is 19.3 Å². The van der Waals surface area contributed by atoms with Crippen molar-refractivity contribution in [3.8, 4) is 11.5 Å². The van der Waals surface area contributed by atoms with Crippen LogP contribution in [0.2, 0.25) is 0 Å². The average Bonchev–Trinajstić information content (AvgIpc) is 2.88. The molecular formula is C25H33N3O5S. The molecule has 0 spiro atoms. The predicted molar refractivity (Wildman–Crippen MR) is 131 cm³/mol. The second-order valence-corrected chi connectivity index (χ2v) is 10.8. The Morgan fingerprint density at radius 1 is 0.941 bits per heavy atom. The Labute approximate surface area is 202 Å². The fourth-order valence-electron chi connectivity index (χ4n) is 4.76. The number of nitrogens with zero attached hydrogens (tertiary/aromatic N) is 3. The molecule has 2 aliphatic heterocycles. The molecule has 0 saturated carbocycles. The van der Waals surface area contributed by atoms with Gasteiger partial charge in [0.25, 0.3) is 0 Å². The van der Waals surface area contributed by atoms with Crippen molar-refractivity contribution < 1.29 is 22.7 Å². The van der Waals surface area contributed by atoms with E-state index in [0.29, 0.717) is 38.2 Å². The molecule has 0 aliphatic carbocycles. The van der Waals surface area contributed by atoms with Crippen molar-refractivity contribution in [1.82, 2.24) is 9.21 Å². The number of piperidine rings is 1. The van der Waals surface area contributed by atoms with Crippen LogP contribution < -0.4 is 14.4 Å². The molecule has 2 aromatic carbocycles. The number of methoxy groups -OCH3 is 2. The summed E-state index contributed by atoms with van der Waals surface area (Å²) in [6.07, 6.45) is 1.39. The highest BCUT2D eigenvalue weighted by Gasteiger charge is 2.36. The van der Waals surface area contributed by atoms with Crippen LogP contribution in [-0.2, 0) is 14.8 Å². The molecule has 1 atom stereocenters. The summed E-state index contributed by atoms with van der Waals surface area (Å²) in [6, 6.07) is 12.8. The molecule has 0 radical (unpaired) electrons. The van der Waals surface area contributed by atoms with Crippen LogP contribution in [-0.4, -0.2) is 77.0 Å². The van der Waals surface area contributed by atoms with Crippen LogP contribution in [0.15, 0.2) is 47.4 Å². The maximum Gasteiger partial charge on any atom is 0.243 e. The molecule has 8 nitrogen and oxygen atoms in total. The zero-order chi connectivity index (χ0) is 24.3. The first kappa shape index (κ1) is 24.3. The quantitative estimate of drug-likeness (QED) is 0.624. The van der Waals surface area contributed by atoms with E-state index in [1.807, 2.05) is 36.1 Å². The number of carbonyl (C=O) groups is 1. The minimum absolute atomic E-state index is 0.0557. The average molecular weight is 488 g/mol. The van der Waals surface area contributed by atoms with Gasteiger partial charge in [-0.05, 0) is 67.8 Å². The highest BCUT2D eigenvalue weighted by molar-refractivity contribution is 7.89. The van der Waals surface area contributed by atoms with Crippen LogP contribution in [0, 0.1) is 12.8 Å². The molecule has 9 heteroatoms. The number of rotatable bonds is 6. The van der Waals surface area contributed by atoms with Crippen molar-refractivity contribution in [3.63, 3.8) is 0 Å². The number of ether oxygens (including phenoxy) is 2. The van der Waals surface area contributed by atoms with E-state index in [1.54, 1.807) is 32.4 Å². The van der Waals surface area contributed by atoms with E-state index < -0.39 is 10.0 Å². The summed E-state index contributed by atoms with van der Waals surface area (Å²) in [4.78, 5) is 17.7. The SMILES string of the molecule is COc1ccc(N2CCN(C(=O)[C@@H]3CCCN(S(=O)(=O)c4ccc(OC)c(C)c4)C3)CC2)cc1. The Kier molecular flexibility index (Phi) is 7.33. The van der Waals surface area contributed by atoms with E-state index in [-0.39, 0.29) is 23.3 Å². The lowest BCUT2D eigenvalue weighted by Crippen LogP contribution is -2.53. The lowest BCUT2D eigenvalue weighted by molar-refractivity contribution is -0.137. The van der Waals surface area contributed by atoms with Gasteiger partial charge in [-0.15, -0.1) is 0 Å². The number of hydrogen-bond donors (Lipinski definition) is 0. The molecule has 1 amide bonds. The number of anilines is 1.